The van der Waals surface area contributed by atoms with Gasteiger partial charge in [0, 0.05) is 25.2 Å². The van der Waals surface area contributed by atoms with Gasteiger partial charge in [0.05, 0.1) is 0 Å². The van der Waals surface area contributed by atoms with E-state index in [1.54, 1.807) is 0 Å². The summed E-state index contributed by atoms with van der Waals surface area (Å²) < 4.78 is 0. The Bertz CT molecular complexity index is 390. The average molecular weight is 232 g/mol. The maximum absolute atomic E-state index is 12.2. The molecule has 92 valence electrons. The molecule has 1 N–H and O–H groups in total. The van der Waals surface area contributed by atoms with Crippen LogP contribution in [0.25, 0.3) is 0 Å². The number of hydrogen-bond donors (Lipinski definition) is 1. The van der Waals surface area contributed by atoms with E-state index in [1.807, 2.05) is 23.1 Å². The first kappa shape index (κ1) is 12.1. The SMILES string of the molecule is CCCNCCN1CCc2ccccc2C1=O. The third-order valence-electron chi connectivity index (χ3n) is 3.17. The molecule has 1 aliphatic heterocycles. The van der Waals surface area contributed by atoms with Crippen LogP contribution in [0.2, 0.25) is 0 Å². The van der Waals surface area contributed by atoms with Crippen LogP contribution in [0.4, 0.5) is 0 Å². The number of nitrogens with zero attached hydrogens (tertiary/aromatic N) is 1. The molecular weight excluding hydrogens is 212 g/mol. The summed E-state index contributed by atoms with van der Waals surface area (Å²) in [6.45, 7) is 5.73. The predicted molar refractivity (Wildman–Crippen MR) is 69.2 cm³/mol. The second-order valence-electron chi connectivity index (χ2n) is 4.45. The molecule has 0 unspecified atom stereocenters. The molecule has 17 heavy (non-hydrogen) atoms. The van der Waals surface area contributed by atoms with Crippen LogP contribution in [-0.4, -0.2) is 37.0 Å². The van der Waals surface area contributed by atoms with Gasteiger partial charge >= 0.3 is 0 Å². The van der Waals surface area contributed by atoms with E-state index < -0.39 is 0 Å². The van der Waals surface area contributed by atoms with E-state index in [2.05, 4.69) is 18.3 Å². The summed E-state index contributed by atoms with van der Waals surface area (Å²) in [7, 11) is 0. The molecule has 0 atom stereocenters. The molecule has 2 rings (SSSR count). The minimum atomic E-state index is 0.185. The smallest absolute Gasteiger partial charge is 0.254 e. The van der Waals surface area contributed by atoms with Crippen molar-refractivity contribution in [3.05, 3.63) is 35.4 Å². The first-order valence-electron chi connectivity index (χ1n) is 6.41. The van der Waals surface area contributed by atoms with Crippen molar-refractivity contribution in [2.24, 2.45) is 0 Å². The monoisotopic (exact) mass is 232 g/mol. The van der Waals surface area contributed by atoms with Crippen molar-refractivity contribution >= 4 is 5.91 Å². The van der Waals surface area contributed by atoms with Crippen LogP contribution in [0.15, 0.2) is 24.3 Å². The fourth-order valence-electron chi connectivity index (χ4n) is 2.20. The Kier molecular flexibility index (Phi) is 4.15. The lowest BCUT2D eigenvalue weighted by molar-refractivity contribution is 0.0741. The van der Waals surface area contributed by atoms with Crippen LogP contribution < -0.4 is 5.32 Å². The normalized spacial score (nSPS) is 14.9. The second kappa shape index (κ2) is 5.82. The van der Waals surface area contributed by atoms with Crippen molar-refractivity contribution in [2.45, 2.75) is 19.8 Å². The van der Waals surface area contributed by atoms with E-state index in [4.69, 9.17) is 0 Å². The maximum Gasteiger partial charge on any atom is 0.254 e. The average Bonchev–Trinajstić information content (AvgIpc) is 2.37. The highest BCUT2D eigenvalue weighted by molar-refractivity contribution is 5.96. The van der Waals surface area contributed by atoms with Crippen LogP contribution in [0, 0.1) is 0 Å². The molecule has 0 aromatic heterocycles. The van der Waals surface area contributed by atoms with Crippen molar-refractivity contribution < 1.29 is 4.79 Å². The van der Waals surface area contributed by atoms with E-state index in [9.17, 15) is 4.79 Å². The summed E-state index contributed by atoms with van der Waals surface area (Å²) in [6, 6.07) is 7.93. The Morgan fingerprint density at radius 3 is 2.94 bits per heavy atom. The molecule has 0 saturated carbocycles. The van der Waals surface area contributed by atoms with E-state index in [1.165, 1.54) is 5.56 Å². The Hall–Kier alpha value is -1.35. The summed E-state index contributed by atoms with van der Waals surface area (Å²) in [5.41, 5.74) is 2.07. The molecule has 3 heteroatoms. The first-order valence-corrected chi connectivity index (χ1v) is 6.41. The highest BCUT2D eigenvalue weighted by Gasteiger charge is 2.22. The van der Waals surface area contributed by atoms with E-state index in [0.29, 0.717) is 0 Å². The molecule has 1 aromatic carbocycles. The van der Waals surface area contributed by atoms with Gasteiger partial charge in [-0.05, 0) is 31.0 Å². The number of carbonyl (C=O) groups is 1. The Morgan fingerprint density at radius 1 is 1.29 bits per heavy atom. The molecule has 1 aliphatic rings. The highest BCUT2D eigenvalue weighted by atomic mass is 16.2. The number of rotatable bonds is 5. The van der Waals surface area contributed by atoms with E-state index in [-0.39, 0.29) is 5.91 Å². The first-order chi connectivity index (χ1) is 8.33. The molecule has 0 fully saturated rings. The van der Waals surface area contributed by atoms with Crippen LogP contribution >= 0.6 is 0 Å². The Labute approximate surface area is 103 Å². The summed E-state index contributed by atoms with van der Waals surface area (Å²) in [4.78, 5) is 14.1. The maximum atomic E-state index is 12.2. The van der Waals surface area contributed by atoms with E-state index >= 15 is 0 Å². The minimum absolute atomic E-state index is 0.185. The van der Waals surface area contributed by atoms with Crippen molar-refractivity contribution in [3.8, 4) is 0 Å². The van der Waals surface area contributed by atoms with Gasteiger partial charge < -0.3 is 10.2 Å². The summed E-state index contributed by atoms with van der Waals surface area (Å²) in [5.74, 6) is 0.185. The lowest BCUT2D eigenvalue weighted by atomic mass is 9.99. The zero-order valence-electron chi connectivity index (χ0n) is 10.4. The van der Waals surface area contributed by atoms with Crippen molar-refractivity contribution in [1.82, 2.24) is 10.2 Å². The van der Waals surface area contributed by atoms with Gasteiger partial charge in [-0.15, -0.1) is 0 Å². The van der Waals surface area contributed by atoms with Crippen molar-refractivity contribution in [2.75, 3.05) is 26.2 Å². The third kappa shape index (κ3) is 2.86. The van der Waals surface area contributed by atoms with Gasteiger partial charge in [-0.1, -0.05) is 25.1 Å². The van der Waals surface area contributed by atoms with Gasteiger partial charge in [-0.2, -0.15) is 0 Å². The molecule has 1 heterocycles. The number of fused-ring (bicyclic) bond motifs is 1. The molecule has 3 nitrogen and oxygen atoms in total. The molecule has 1 amide bonds. The van der Waals surface area contributed by atoms with Gasteiger partial charge in [-0.3, -0.25) is 4.79 Å². The fraction of sp³-hybridized carbons (Fsp3) is 0.500. The molecule has 0 saturated heterocycles. The lowest BCUT2D eigenvalue weighted by Gasteiger charge is -2.28. The molecule has 0 spiro atoms. The Balaban J connectivity index is 1.93. The van der Waals surface area contributed by atoms with Crippen LogP contribution in [0.3, 0.4) is 0 Å². The van der Waals surface area contributed by atoms with Gasteiger partial charge in [0.15, 0.2) is 0 Å². The molecule has 0 bridgehead atoms. The van der Waals surface area contributed by atoms with Gasteiger partial charge in [0.1, 0.15) is 0 Å². The summed E-state index contributed by atoms with van der Waals surface area (Å²) >= 11 is 0. The van der Waals surface area contributed by atoms with Crippen LogP contribution in [0.1, 0.15) is 29.3 Å². The van der Waals surface area contributed by atoms with Crippen LogP contribution in [0.5, 0.6) is 0 Å². The lowest BCUT2D eigenvalue weighted by Crippen LogP contribution is -2.41. The predicted octanol–water partition coefficient (Wildman–Crippen LogP) is 1.68. The minimum Gasteiger partial charge on any atom is -0.337 e. The summed E-state index contributed by atoms with van der Waals surface area (Å²) in [5, 5.41) is 3.33. The molecule has 0 radical (unpaired) electrons. The molecule has 0 aliphatic carbocycles. The largest absolute Gasteiger partial charge is 0.337 e. The van der Waals surface area contributed by atoms with Gasteiger partial charge in [-0.25, -0.2) is 0 Å². The quantitative estimate of drug-likeness (QED) is 0.783. The Morgan fingerprint density at radius 2 is 2.12 bits per heavy atom. The fourth-order valence-corrected chi connectivity index (χ4v) is 2.20. The number of hydrogen-bond acceptors (Lipinski definition) is 2. The number of amides is 1. The van der Waals surface area contributed by atoms with Gasteiger partial charge in [0.2, 0.25) is 0 Å². The number of carbonyl (C=O) groups excluding carboxylic acids is 1. The molecular formula is C14H20N2O. The van der Waals surface area contributed by atoms with Crippen molar-refractivity contribution in [3.63, 3.8) is 0 Å². The number of nitrogens with one attached hydrogen (secondary N) is 1. The molecule has 1 aromatic rings. The van der Waals surface area contributed by atoms with Gasteiger partial charge in [0.25, 0.3) is 5.91 Å². The zero-order chi connectivity index (χ0) is 12.1. The highest BCUT2D eigenvalue weighted by Crippen LogP contribution is 2.17. The standard InChI is InChI=1S/C14H20N2O/c1-2-8-15-9-11-16-10-7-12-5-3-4-6-13(12)14(16)17/h3-6,15H,2,7-11H2,1H3. The topological polar surface area (TPSA) is 32.3 Å². The van der Waals surface area contributed by atoms with Crippen LogP contribution in [-0.2, 0) is 6.42 Å². The van der Waals surface area contributed by atoms with E-state index in [0.717, 1.165) is 44.6 Å². The zero-order valence-corrected chi connectivity index (χ0v) is 10.4. The van der Waals surface area contributed by atoms with Crippen molar-refractivity contribution in [1.29, 1.82) is 0 Å². The number of benzene rings is 1. The second-order valence-corrected chi connectivity index (χ2v) is 4.45. The third-order valence-corrected chi connectivity index (χ3v) is 3.17. The summed E-state index contributed by atoms with van der Waals surface area (Å²) in [6.07, 6.45) is 2.12.